The smallest absolute Gasteiger partial charge is 0.257 e. The number of ketones is 1. The molecule has 0 radical (unpaired) electrons. The molecule has 2 bridgehead atoms. The molecule has 1 amide bonds. The molecule has 1 aliphatic heterocycles. The molecule has 98 valence electrons. The molecule has 3 rings (SSSR count). The maximum atomic E-state index is 12.5. The van der Waals surface area contributed by atoms with E-state index in [0.29, 0.717) is 11.5 Å². The number of fused-ring (bicyclic) bond motifs is 2. The summed E-state index contributed by atoms with van der Waals surface area (Å²) in [4.78, 5) is 27.7. The fourth-order valence-corrected chi connectivity index (χ4v) is 6.16. The van der Waals surface area contributed by atoms with Crippen molar-refractivity contribution in [3.8, 4) is 0 Å². The van der Waals surface area contributed by atoms with E-state index in [-0.39, 0.29) is 27.9 Å². The van der Waals surface area contributed by atoms with Crippen molar-refractivity contribution in [2.45, 2.75) is 38.9 Å². The Bertz CT molecular complexity index is 472. The topological polar surface area (TPSA) is 46.5 Å². The number of rotatable bonds is 1. The number of thioether (sulfide) groups is 2. The van der Waals surface area contributed by atoms with E-state index >= 15 is 0 Å². The minimum atomic E-state index is -0.0671. The van der Waals surface area contributed by atoms with E-state index in [0.717, 1.165) is 17.2 Å². The average molecular weight is 283 g/mol. The number of amides is 1. The molecular weight excluding hydrogens is 266 g/mol. The van der Waals surface area contributed by atoms with Crippen LogP contribution in [0.15, 0.2) is 4.99 Å². The SMILES string of the molecule is CC1(C)[C@H]2CC[C@]1(C)[C@H](SC1=NC(=O)CS1)C2=O. The lowest BCUT2D eigenvalue weighted by atomic mass is 9.71. The maximum absolute atomic E-state index is 12.5. The second-order valence-corrected chi connectivity index (χ2v) is 8.51. The molecule has 1 heterocycles. The van der Waals surface area contributed by atoms with Crippen molar-refractivity contribution < 1.29 is 9.59 Å². The highest BCUT2D eigenvalue weighted by Crippen LogP contribution is 2.66. The molecule has 0 spiro atoms. The van der Waals surface area contributed by atoms with E-state index in [1.54, 1.807) is 0 Å². The van der Waals surface area contributed by atoms with Crippen molar-refractivity contribution in [3.63, 3.8) is 0 Å². The van der Waals surface area contributed by atoms with Gasteiger partial charge in [-0.15, -0.1) is 0 Å². The summed E-state index contributed by atoms with van der Waals surface area (Å²) >= 11 is 3.01. The zero-order chi connectivity index (χ0) is 13.1. The van der Waals surface area contributed by atoms with Crippen LogP contribution in [0.25, 0.3) is 0 Å². The first-order valence-electron chi connectivity index (χ1n) is 6.31. The van der Waals surface area contributed by atoms with E-state index in [2.05, 4.69) is 25.8 Å². The molecule has 0 unspecified atom stereocenters. The summed E-state index contributed by atoms with van der Waals surface area (Å²) < 4.78 is 0.794. The van der Waals surface area contributed by atoms with E-state index in [1.165, 1.54) is 23.5 Å². The second kappa shape index (κ2) is 3.85. The molecule has 3 atom stereocenters. The minimum absolute atomic E-state index is 0.0107. The standard InChI is InChI=1S/C13H17NO2S2/c1-12(2)7-4-5-13(12,3)10(9(7)16)18-11-14-8(15)6-17-11/h7,10H,4-6H2,1-3H3/t7-,10+,13+/m0/s1. The summed E-state index contributed by atoms with van der Waals surface area (Å²) in [6.07, 6.45) is 2.14. The second-order valence-electron chi connectivity index (χ2n) is 6.19. The van der Waals surface area contributed by atoms with Gasteiger partial charge in [-0.2, -0.15) is 4.99 Å². The molecule has 2 saturated carbocycles. The lowest BCUT2D eigenvalue weighted by Gasteiger charge is -2.37. The van der Waals surface area contributed by atoms with Gasteiger partial charge in [0.05, 0.1) is 11.0 Å². The molecular formula is C13H17NO2S2. The molecule has 3 aliphatic rings. The van der Waals surface area contributed by atoms with Gasteiger partial charge in [0.1, 0.15) is 10.2 Å². The highest BCUT2D eigenvalue weighted by molar-refractivity contribution is 8.39. The normalized spacial score (nSPS) is 41.6. The van der Waals surface area contributed by atoms with Gasteiger partial charge in [-0.25, -0.2) is 0 Å². The van der Waals surface area contributed by atoms with Gasteiger partial charge in [0, 0.05) is 5.92 Å². The molecule has 0 saturated heterocycles. The fraction of sp³-hybridized carbons (Fsp3) is 0.769. The third-order valence-electron chi connectivity index (χ3n) is 5.23. The fourth-order valence-electron chi connectivity index (χ4n) is 3.63. The first-order chi connectivity index (χ1) is 8.36. The van der Waals surface area contributed by atoms with Crippen molar-refractivity contribution in [3.05, 3.63) is 0 Å². The largest absolute Gasteiger partial charge is 0.298 e. The molecule has 2 aliphatic carbocycles. The summed E-state index contributed by atoms with van der Waals surface area (Å²) in [5, 5.41) is -0.0107. The van der Waals surface area contributed by atoms with E-state index in [9.17, 15) is 9.59 Å². The van der Waals surface area contributed by atoms with Crippen LogP contribution < -0.4 is 0 Å². The average Bonchev–Trinajstić information content (AvgIpc) is 2.82. The number of nitrogens with zero attached hydrogens (tertiary/aromatic N) is 1. The number of aliphatic imine (C=N–C) groups is 1. The van der Waals surface area contributed by atoms with Gasteiger partial charge in [0.2, 0.25) is 0 Å². The van der Waals surface area contributed by atoms with Gasteiger partial charge in [0.15, 0.2) is 0 Å². The molecule has 3 nitrogen and oxygen atoms in total. The van der Waals surface area contributed by atoms with E-state index < -0.39 is 0 Å². The van der Waals surface area contributed by atoms with Crippen LogP contribution in [0, 0.1) is 16.7 Å². The Morgan fingerprint density at radius 1 is 1.33 bits per heavy atom. The molecule has 5 heteroatoms. The zero-order valence-electron chi connectivity index (χ0n) is 10.9. The highest BCUT2D eigenvalue weighted by atomic mass is 32.2. The molecule has 0 N–H and O–H groups in total. The van der Waals surface area contributed by atoms with Crippen LogP contribution in [0.5, 0.6) is 0 Å². The van der Waals surface area contributed by atoms with Gasteiger partial charge in [0.25, 0.3) is 5.91 Å². The van der Waals surface area contributed by atoms with Crippen LogP contribution in [0.3, 0.4) is 0 Å². The van der Waals surface area contributed by atoms with Crippen LogP contribution in [0.1, 0.15) is 33.6 Å². The minimum Gasteiger partial charge on any atom is -0.298 e. The van der Waals surface area contributed by atoms with Gasteiger partial charge < -0.3 is 0 Å². The third kappa shape index (κ3) is 1.49. The Balaban J connectivity index is 1.88. The van der Waals surface area contributed by atoms with Crippen molar-refractivity contribution in [2.24, 2.45) is 21.7 Å². The first kappa shape index (κ1) is 12.7. The first-order valence-corrected chi connectivity index (χ1v) is 8.17. The lowest BCUT2D eigenvalue weighted by Crippen LogP contribution is -2.36. The molecule has 18 heavy (non-hydrogen) atoms. The lowest BCUT2D eigenvalue weighted by molar-refractivity contribution is -0.122. The summed E-state index contributed by atoms with van der Waals surface area (Å²) in [6.45, 7) is 6.67. The Hall–Kier alpha value is -0.290. The Morgan fingerprint density at radius 2 is 2.06 bits per heavy atom. The van der Waals surface area contributed by atoms with Crippen molar-refractivity contribution in [1.29, 1.82) is 0 Å². The Labute approximate surface area is 116 Å². The predicted molar refractivity (Wildman–Crippen MR) is 75.9 cm³/mol. The summed E-state index contributed by atoms with van der Waals surface area (Å²) in [5.74, 6) is 0.943. The van der Waals surface area contributed by atoms with Crippen LogP contribution in [-0.4, -0.2) is 27.1 Å². The van der Waals surface area contributed by atoms with E-state index in [1.807, 2.05) is 0 Å². The molecule has 0 aromatic carbocycles. The summed E-state index contributed by atoms with van der Waals surface area (Å²) in [6, 6.07) is 0. The molecule has 0 aromatic heterocycles. The number of carbonyl (C=O) groups is 2. The maximum Gasteiger partial charge on any atom is 0.257 e. The highest BCUT2D eigenvalue weighted by Gasteiger charge is 2.66. The van der Waals surface area contributed by atoms with E-state index in [4.69, 9.17) is 0 Å². The van der Waals surface area contributed by atoms with Crippen molar-refractivity contribution in [2.75, 3.05) is 5.75 Å². The quantitative estimate of drug-likeness (QED) is 0.742. The van der Waals surface area contributed by atoms with Crippen LogP contribution in [0.4, 0.5) is 0 Å². The number of hydrogen-bond acceptors (Lipinski definition) is 4. The number of hydrogen-bond donors (Lipinski definition) is 0. The Kier molecular flexibility index (Phi) is 2.73. The van der Waals surface area contributed by atoms with Crippen molar-refractivity contribution in [1.82, 2.24) is 0 Å². The monoisotopic (exact) mass is 283 g/mol. The summed E-state index contributed by atoms with van der Waals surface area (Å²) in [5.41, 5.74) is 0.129. The van der Waals surface area contributed by atoms with Crippen LogP contribution in [-0.2, 0) is 9.59 Å². The van der Waals surface area contributed by atoms with Gasteiger partial charge >= 0.3 is 0 Å². The third-order valence-corrected chi connectivity index (χ3v) is 7.88. The van der Waals surface area contributed by atoms with Crippen LogP contribution in [0.2, 0.25) is 0 Å². The predicted octanol–water partition coefficient (Wildman–Crippen LogP) is 2.74. The zero-order valence-corrected chi connectivity index (χ0v) is 12.5. The van der Waals surface area contributed by atoms with Crippen LogP contribution >= 0.6 is 23.5 Å². The van der Waals surface area contributed by atoms with Crippen molar-refractivity contribution >= 4 is 39.6 Å². The molecule has 2 fully saturated rings. The summed E-state index contributed by atoms with van der Waals surface area (Å²) in [7, 11) is 0. The molecule has 0 aromatic rings. The van der Waals surface area contributed by atoms with Gasteiger partial charge in [-0.3, -0.25) is 9.59 Å². The number of Topliss-reactive ketones (excluding diaryl/α,β-unsaturated/α-hetero) is 1. The Morgan fingerprint density at radius 3 is 2.56 bits per heavy atom. The van der Waals surface area contributed by atoms with Gasteiger partial charge in [-0.1, -0.05) is 44.3 Å². The van der Waals surface area contributed by atoms with Gasteiger partial charge in [-0.05, 0) is 23.7 Å². The number of carbonyl (C=O) groups excluding carboxylic acids is 2.